The van der Waals surface area contributed by atoms with Crippen LogP contribution in [0.3, 0.4) is 0 Å². The van der Waals surface area contributed by atoms with Gasteiger partial charge in [0.1, 0.15) is 0 Å². The molecule has 36 heavy (non-hydrogen) atoms. The summed E-state index contributed by atoms with van der Waals surface area (Å²) >= 11 is -1.67. The molecule has 0 atom stereocenters. The van der Waals surface area contributed by atoms with Crippen molar-refractivity contribution in [1.82, 2.24) is 0 Å². The zero-order valence-corrected chi connectivity index (χ0v) is 29.0. The summed E-state index contributed by atoms with van der Waals surface area (Å²) in [6.45, 7) is 0.563. The molecular formula is C24H33Cl6O3Ti3. The van der Waals surface area contributed by atoms with Crippen LogP contribution in [0.25, 0.3) is 0 Å². The normalized spacial score (nSPS) is 23.4. The molecule has 12 heteroatoms. The number of hydrogen-bond acceptors (Lipinski definition) is 3. The minimum atomic E-state index is -0.556. The van der Waals surface area contributed by atoms with E-state index < -0.39 is 51.1 Å². The van der Waals surface area contributed by atoms with Crippen LogP contribution in [-0.4, -0.2) is 35.1 Å². The van der Waals surface area contributed by atoms with Crippen LogP contribution >= 0.6 is 55.8 Å². The summed E-state index contributed by atoms with van der Waals surface area (Å²) in [6.07, 6.45) is 32.7. The van der Waals surface area contributed by atoms with Crippen molar-refractivity contribution >= 4 is 55.8 Å². The third-order valence-electron chi connectivity index (χ3n) is 4.44. The van der Waals surface area contributed by atoms with Crippen molar-refractivity contribution in [2.45, 2.75) is 19.3 Å². The Bertz CT molecular complexity index is 291. The zero-order chi connectivity index (χ0) is 27.7. The van der Waals surface area contributed by atoms with Crippen molar-refractivity contribution in [1.29, 1.82) is 0 Å². The van der Waals surface area contributed by atoms with E-state index in [0.717, 1.165) is 19.3 Å². The molecule has 0 heterocycles. The van der Waals surface area contributed by atoms with Crippen LogP contribution in [-0.2, 0) is 51.1 Å². The van der Waals surface area contributed by atoms with Crippen molar-refractivity contribution in [3.8, 4) is 0 Å². The quantitative estimate of drug-likeness (QED) is 0.270. The van der Waals surface area contributed by atoms with E-state index in [2.05, 4.69) is 0 Å². The van der Waals surface area contributed by atoms with Crippen molar-refractivity contribution < 1.29 is 66.4 Å². The molecular weight excluding hydrogens is 693 g/mol. The molecule has 4 rings (SSSR count). The van der Waals surface area contributed by atoms with Gasteiger partial charge in [-0.15, -0.1) is 0 Å². The van der Waals surface area contributed by atoms with E-state index in [4.69, 9.17) is 71.1 Å². The van der Waals surface area contributed by atoms with Gasteiger partial charge < -0.3 is 15.3 Å². The SMILES string of the molecule is OCC1CC(CO)CC(CO)C1.[CH]1[CH][CH][CH][CH]1.[CH]1[CH][CH][CH][CH]1.[CH]1[CH][CH][CH][CH]1.[Cl][Ti][Cl].[Cl][Ti][Cl].[Cl][Ti][Cl]. The van der Waals surface area contributed by atoms with Crippen molar-refractivity contribution in [3.63, 3.8) is 0 Å². The molecule has 3 nitrogen and oxygen atoms in total. The topological polar surface area (TPSA) is 60.7 Å². The molecule has 0 aromatic rings. The molecule has 0 bridgehead atoms. The molecule has 0 amide bonds. The molecule has 15 radical (unpaired) electrons. The van der Waals surface area contributed by atoms with Crippen molar-refractivity contribution in [2.75, 3.05) is 19.8 Å². The molecule has 201 valence electrons. The average molecular weight is 726 g/mol. The predicted octanol–water partition coefficient (Wildman–Crippen LogP) is 7.19. The van der Waals surface area contributed by atoms with Gasteiger partial charge in [-0.1, -0.05) is 0 Å². The Kier molecular flexibility index (Phi) is 50.2. The molecule has 0 aliphatic heterocycles. The standard InChI is InChI=1S/C9H18O3.3C5H5.6ClH.3Ti/c10-4-7-1-8(5-11)3-9(2-7)6-12;3*1-2-4-5-3-1;;;;;;;;;/h7-12H,1-6H2;3*1-5H;6*1H;;;/q;;;;;;;;;;3*+2/p-6. The number of hydrogen-bond donors (Lipinski definition) is 3. The van der Waals surface area contributed by atoms with Gasteiger partial charge in [-0.3, -0.25) is 0 Å². The molecule has 0 aromatic carbocycles. The monoisotopic (exact) mass is 723 g/mol. The Hall–Kier alpha value is 3.76. The maximum atomic E-state index is 8.95. The predicted molar refractivity (Wildman–Crippen MR) is 145 cm³/mol. The number of rotatable bonds is 3. The van der Waals surface area contributed by atoms with Crippen LogP contribution in [0.5, 0.6) is 0 Å². The third kappa shape index (κ3) is 37.8. The van der Waals surface area contributed by atoms with Crippen LogP contribution in [0, 0.1) is 114 Å². The number of aliphatic hydroxyl groups is 3. The summed E-state index contributed by atoms with van der Waals surface area (Å²) in [5, 5.41) is 26.9. The molecule has 4 saturated carbocycles. The first kappa shape index (κ1) is 44.2. The van der Waals surface area contributed by atoms with Gasteiger partial charge in [0.15, 0.2) is 0 Å². The fourth-order valence-corrected chi connectivity index (χ4v) is 3.11. The van der Waals surface area contributed by atoms with Crippen molar-refractivity contribution in [3.05, 3.63) is 96.3 Å². The maximum absolute atomic E-state index is 8.95. The Morgan fingerprint density at radius 3 is 0.583 bits per heavy atom. The van der Waals surface area contributed by atoms with Gasteiger partial charge >= 0.3 is 107 Å². The van der Waals surface area contributed by atoms with E-state index in [1.54, 1.807) is 0 Å². The summed E-state index contributed by atoms with van der Waals surface area (Å²) in [5.74, 6) is 0.856. The van der Waals surface area contributed by atoms with Crippen LogP contribution in [0.2, 0.25) is 0 Å². The first-order valence-corrected chi connectivity index (χ1v) is 23.6. The minimum absolute atomic E-state index is 0.188. The van der Waals surface area contributed by atoms with E-state index in [0.29, 0.717) is 0 Å². The van der Waals surface area contributed by atoms with Gasteiger partial charge in [0.25, 0.3) is 0 Å². The summed E-state index contributed by atoms with van der Waals surface area (Å²) in [4.78, 5) is 0. The van der Waals surface area contributed by atoms with Crippen LogP contribution in [0.15, 0.2) is 0 Å². The summed E-state index contributed by atoms with van der Waals surface area (Å²) < 4.78 is 0. The van der Waals surface area contributed by atoms with E-state index in [1.807, 2.05) is 96.3 Å². The Balaban J connectivity index is -0.000000385. The van der Waals surface area contributed by atoms with Gasteiger partial charge in [0, 0.05) is 19.8 Å². The summed E-state index contributed by atoms with van der Waals surface area (Å²) in [6, 6.07) is 0. The van der Waals surface area contributed by atoms with E-state index in [1.165, 1.54) is 0 Å². The molecule has 0 aromatic heterocycles. The second kappa shape index (κ2) is 40.9. The van der Waals surface area contributed by atoms with Crippen LogP contribution in [0.4, 0.5) is 0 Å². The first-order valence-electron chi connectivity index (χ1n) is 10.8. The van der Waals surface area contributed by atoms with E-state index in [9.17, 15) is 0 Å². The Labute approximate surface area is 272 Å². The van der Waals surface area contributed by atoms with Gasteiger partial charge in [-0.2, -0.15) is 0 Å². The van der Waals surface area contributed by atoms with Gasteiger partial charge in [-0.05, 0) is 133 Å². The summed E-state index contributed by atoms with van der Waals surface area (Å²) in [7, 11) is 29.3. The third-order valence-corrected chi connectivity index (χ3v) is 4.44. The molecule has 4 aliphatic rings. The average Bonchev–Trinajstić information content (AvgIpc) is 3.72. The fourth-order valence-electron chi connectivity index (χ4n) is 3.11. The zero-order valence-electron chi connectivity index (χ0n) is 19.7. The van der Waals surface area contributed by atoms with Crippen LogP contribution < -0.4 is 0 Å². The van der Waals surface area contributed by atoms with Crippen LogP contribution in [0.1, 0.15) is 19.3 Å². The molecule has 0 spiro atoms. The number of halogens is 6. The fraction of sp³-hybridized carbons (Fsp3) is 0.375. The molecule has 0 saturated heterocycles. The van der Waals surface area contributed by atoms with E-state index >= 15 is 0 Å². The Morgan fingerprint density at radius 1 is 0.389 bits per heavy atom. The first-order chi connectivity index (χ1) is 17.5. The van der Waals surface area contributed by atoms with Crippen molar-refractivity contribution in [2.24, 2.45) is 17.8 Å². The van der Waals surface area contributed by atoms with Gasteiger partial charge in [0.05, 0.1) is 0 Å². The van der Waals surface area contributed by atoms with Gasteiger partial charge in [0.2, 0.25) is 0 Å². The summed E-state index contributed by atoms with van der Waals surface area (Å²) in [5.41, 5.74) is 0. The molecule has 0 unspecified atom stereocenters. The Morgan fingerprint density at radius 2 is 0.500 bits per heavy atom. The van der Waals surface area contributed by atoms with E-state index in [-0.39, 0.29) is 37.6 Å². The molecule has 3 N–H and O–H groups in total. The van der Waals surface area contributed by atoms with Gasteiger partial charge in [-0.25, -0.2) is 0 Å². The second-order valence-corrected chi connectivity index (χ2v) is 14.7. The number of aliphatic hydroxyl groups excluding tert-OH is 3. The molecule has 4 aliphatic carbocycles. The second-order valence-electron chi connectivity index (χ2n) is 6.95. The molecule has 4 fully saturated rings.